The summed E-state index contributed by atoms with van der Waals surface area (Å²) >= 11 is 0. The van der Waals surface area contributed by atoms with Crippen LogP contribution in [0.3, 0.4) is 0 Å². The zero-order valence-corrected chi connectivity index (χ0v) is 10.4. The number of hydrogen-bond acceptors (Lipinski definition) is 1. The van der Waals surface area contributed by atoms with E-state index in [4.69, 9.17) is 5.73 Å². The Morgan fingerprint density at radius 1 is 1.17 bits per heavy atom. The lowest BCUT2D eigenvalue weighted by atomic mass is 9.94. The molecule has 102 valence electrons. The van der Waals surface area contributed by atoms with E-state index in [-0.39, 0.29) is 5.56 Å². The molecule has 1 atom stereocenters. The average molecular weight is 263 g/mol. The fourth-order valence-corrected chi connectivity index (χ4v) is 1.82. The summed E-state index contributed by atoms with van der Waals surface area (Å²) in [7, 11) is 0. The van der Waals surface area contributed by atoms with Crippen LogP contribution in [0.2, 0.25) is 0 Å². The molecule has 0 saturated carbocycles. The molecule has 0 heterocycles. The maximum atomic E-state index is 13.3. The van der Waals surface area contributed by atoms with Crippen LogP contribution in [-0.4, -0.2) is 0 Å². The number of rotatable bonds is 4. The van der Waals surface area contributed by atoms with Crippen LogP contribution in [0.25, 0.3) is 0 Å². The second kappa shape index (κ2) is 5.69. The lowest BCUT2D eigenvalue weighted by Crippen LogP contribution is -2.19. The molecular weight excluding hydrogens is 246 g/mol. The summed E-state index contributed by atoms with van der Waals surface area (Å²) in [6.07, 6.45) is -3.60. The van der Waals surface area contributed by atoms with Crippen molar-refractivity contribution in [1.29, 1.82) is 0 Å². The van der Waals surface area contributed by atoms with Gasteiger partial charge in [0.2, 0.25) is 0 Å². The Balaban J connectivity index is 3.05. The summed E-state index contributed by atoms with van der Waals surface area (Å²) in [5, 5.41) is 0. The number of alkyl halides is 3. The molecule has 0 fully saturated rings. The molecule has 0 saturated heterocycles. The first kappa shape index (κ1) is 15.0. The van der Waals surface area contributed by atoms with Gasteiger partial charge in [0, 0.05) is 6.04 Å². The van der Waals surface area contributed by atoms with Crippen LogP contribution in [0.4, 0.5) is 17.6 Å². The van der Waals surface area contributed by atoms with E-state index >= 15 is 0 Å². The smallest absolute Gasteiger partial charge is 0.324 e. The molecule has 0 aromatic heterocycles. The maximum Gasteiger partial charge on any atom is 0.419 e. The molecule has 1 rings (SSSR count). The lowest BCUT2D eigenvalue weighted by molar-refractivity contribution is -0.140. The van der Waals surface area contributed by atoms with Crippen molar-refractivity contribution in [3.63, 3.8) is 0 Å². The van der Waals surface area contributed by atoms with E-state index in [1.54, 1.807) is 0 Å². The van der Waals surface area contributed by atoms with Crippen molar-refractivity contribution in [2.24, 2.45) is 11.7 Å². The van der Waals surface area contributed by atoms with Crippen LogP contribution in [0.15, 0.2) is 18.2 Å². The fourth-order valence-electron chi connectivity index (χ4n) is 1.82. The Hall–Kier alpha value is -1.10. The van der Waals surface area contributed by atoms with Crippen molar-refractivity contribution in [3.8, 4) is 0 Å². The minimum absolute atomic E-state index is 0.164. The van der Waals surface area contributed by atoms with Gasteiger partial charge in [0.25, 0.3) is 0 Å². The second-order valence-corrected chi connectivity index (χ2v) is 4.78. The van der Waals surface area contributed by atoms with E-state index < -0.39 is 23.6 Å². The summed E-state index contributed by atoms with van der Waals surface area (Å²) in [5.74, 6) is -0.918. The van der Waals surface area contributed by atoms with Gasteiger partial charge < -0.3 is 5.73 Å². The van der Waals surface area contributed by atoms with Gasteiger partial charge in [-0.15, -0.1) is 0 Å². The molecule has 18 heavy (non-hydrogen) atoms. The molecule has 0 spiro atoms. The van der Waals surface area contributed by atoms with Gasteiger partial charge in [-0.2, -0.15) is 13.2 Å². The number of nitrogens with two attached hydrogens (primary N) is 1. The first-order valence-corrected chi connectivity index (χ1v) is 5.84. The highest BCUT2D eigenvalue weighted by Gasteiger charge is 2.37. The molecule has 0 unspecified atom stereocenters. The first-order chi connectivity index (χ1) is 8.23. The number of halogens is 4. The van der Waals surface area contributed by atoms with Crippen molar-refractivity contribution < 1.29 is 17.6 Å². The quantitative estimate of drug-likeness (QED) is 0.806. The van der Waals surface area contributed by atoms with Crippen LogP contribution >= 0.6 is 0 Å². The summed E-state index contributed by atoms with van der Waals surface area (Å²) in [5.41, 5.74) is 4.34. The molecule has 0 radical (unpaired) electrons. The SMILES string of the molecule is CC(C)CC[C@@H](N)c1cccc(F)c1C(F)(F)F. The van der Waals surface area contributed by atoms with E-state index in [0.29, 0.717) is 18.8 Å². The van der Waals surface area contributed by atoms with Crippen molar-refractivity contribution in [2.75, 3.05) is 0 Å². The Morgan fingerprint density at radius 2 is 1.78 bits per heavy atom. The normalized spacial score (nSPS) is 14.0. The van der Waals surface area contributed by atoms with Gasteiger partial charge in [-0.25, -0.2) is 4.39 Å². The molecule has 1 aromatic rings. The van der Waals surface area contributed by atoms with Gasteiger partial charge in [0.05, 0.1) is 5.56 Å². The van der Waals surface area contributed by atoms with Crippen molar-refractivity contribution in [1.82, 2.24) is 0 Å². The van der Waals surface area contributed by atoms with Crippen LogP contribution in [-0.2, 0) is 6.18 Å². The zero-order chi connectivity index (χ0) is 13.9. The summed E-state index contributed by atoms with van der Waals surface area (Å²) in [6.45, 7) is 3.92. The Kier molecular flexibility index (Phi) is 4.73. The van der Waals surface area contributed by atoms with Gasteiger partial charge in [-0.05, 0) is 30.4 Å². The van der Waals surface area contributed by atoms with Gasteiger partial charge in [0.1, 0.15) is 5.82 Å². The molecule has 1 nitrogen and oxygen atoms in total. The zero-order valence-electron chi connectivity index (χ0n) is 10.4. The first-order valence-electron chi connectivity index (χ1n) is 5.84. The standard InChI is InChI=1S/C13H17F4N/c1-8(2)6-7-11(18)9-4-3-5-10(14)12(9)13(15,16)17/h3-5,8,11H,6-7,18H2,1-2H3/t11-/m1/s1. The third-order valence-corrected chi connectivity index (χ3v) is 2.78. The highest BCUT2D eigenvalue weighted by atomic mass is 19.4. The van der Waals surface area contributed by atoms with Gasteiger partial charge >= 0.3 is 6.18 Å². The fraction of sp³-hybridized carbons (Fsp3) is 0.538. The van der Waals surface area contributed by atoms with Crippen molar-refractivity contribution >= 4 is 0 Å². The summed E-state index contributed by atoms with van der Waals surface area (Å²) in [4.78, 5) is 0. The molecule has 2 N–H and O–H groups in total. The number of hydrogen-bond donors (Lipinski definition) is 1. The van der Waals surface area contributed by atoms with Crippen molar-refractivity contribution in [2.45, 2.75) is 38.9 Å². The number of benzene rings is 1. The summed E-state index contributed by atoms with van der Waals surface area (Å²) in [6, 6.07) is 2.52. The maximum absolute atomic E-state index is 13.3. The van der Waals surface area contributed by atoms with E-state index in [1.165, 1.54) is 12.1 Å². The molecule has 1 aromatic carbocycles. The molecule has 0 amide bonds. The van der Waals surface area contributed by atoms with Crippen molar-refractivity contribution in [3.05, 3.63) is 35.1 Å². The largest absolute Gasteiger partial charge is 0.419 e. The van der Waals surface area contributed by atoms with Crippen LogP contribution in [0.5, 0.6) is 0 Å². The lowest BCUT2D eigenvalue weighted by Gasteiger charge is -2.19. The Bertz CT molecular complexity index is 398. The molecular formula is C13H17F4N. The summed E-state index contributed by atoms with van der Waals surface area (Å²) < 4.78 is 51.6. The van der Waals surface area contributed by atoms with Gasteiger partial charge in [-0.1, -0.05) is 26.0 Å². The molecule has 0 aliphatic heterocycles. The molecule has 0 bridgehead atoms. The predicted octanol–water partition coefficient (Wildman–Crippen LogP) is 4.28. The highest BCUT2D eigenvalue weighted by Crippen LogP contribution is 2.37. The van der Waals surface area contributed by atoms with Gasteiger partial charge in [0.15, 0.2) is 0 Å². The monoisotopic (exact) mass is 263 g/mol. The third kappa shape index (κ3) is 3.70. The van der Waals surface area contributed by atoms with E-state index in [0.717, 1.165) is 6.07 Å². The van der Waals surface area contributed by atoms with E-state index in [1.807, 2.05) is 13.8 Å². The van der Waals surface area contributed by atoms with Crippen LogP contribution in [0.1, 0.15) is 43.9 Å². The molecule has 5 heteroatoms. The Labute approximate surface area is 104 Å². The molecule has 0 aliphatic rings. The van der Waals surface area contributed by atoms with Gasteiger partial charge in [-0.3, -0.25) is 0 Å². The Morgan fingerprint density at radius 3 is 2.28 bits per heavy atom. The topological polar surface area (TPSA) is 26.0 Å². The minimum Gasteiger partial charge on any atom is -0.324 e. The average Bonchev–Trinajstić information content (AvgIpc) is 2.23. The highest BCUT2D eigenvalue weighted by molar-refractivity contribution is 5.33. The van der Waals surface area contributed by atoms with E-state index in [2.05, 4.69) is 0 Å². The third-order valence-electron chi connectivity index (χ3n) is 2.78. The van der Waals surface area contributed by atoms with E-state index in [9.17, 15) is 17.6 Å². The molecule has 0 aliphatic carbocycles. The predicted molar refractivity (Wildman–Crippen MR) is 62.4 cm³/mol. The van der Waals surface area contributed by atoms with Crippen LogP contribution < -0.4 is 5.73 Å². The second-order valence-electron chi connectivity index (χ2n) is 4.78. The minimum atomic E-state index is -4.71. The van der Waals surface area contributed by atoms with Crippen LogP contribution in [0, 0.1) is 11.7 Å².